The van der Waals surface area contributed by atoms with Crippen LogP contribution in [0.4, 0.5) is 5.69 Å². The van der Waals surface area contributed by atoms with Crippen LogP contribution in [0.5, 0.6) is 0 Å². The average Bonchev–Trinajstić information content (AvgIpc) is 2.92. The number of sulfone groups is 1. The second kappa shape index (κ2) is 8.44. The summed E-state index contributed by atoms with van der Waals surface area (Å²) in [7, 11) is -3.01. The lowest BCUT2D eigenvalue weighted by Gasteiger charge is -2.39. The number of benzene rings is 1. The summed E-state index contributed by atoms with van der Waals surface area (Å²) in [5, 5.41) is 0. The molecule has 1 amide bonds. The number of fused-ring (bicyclic) bond motifs is 1. The quantitative estimate of drug-likeness (QED) is 0.773. The van der Waals surface area contributed by atoms with Crippen molar-refractivity contribution >= 4 is 21.4 Å². The number of aryl methyl sites for hydroxylation is 1. The molecule has 0 spiro atoms. The van der Waals surface area contributed by atoms with Gasteiger partial charge in [0.2, 0.25) is 5.91 Å². The molecule has 1 atom stereocenters. The number of carbonyl (C=O) groups is 1. The van der Waals surface area contributed by atoms with E-state index < -0.39 is 9.84 Å². The van der Waals surface area contributed by atoms with Crippen molar-refractivity contribution in [3.63, 3.8) is 0 Å². The first-order valence-electron chi connectivity index (χ1n) is 10.9. The van der Waals surface area contributed by atoms with Gasteiger partial charge >= 0.3 is 0 Å². The van der Waals surface area contributed by atoms with E-state index in [1.807, 2.05) is 11.0 Å². The number of amides is 1. The molecule has 28 heavy (non-hydrogen) atoms. The highest BCUT2D eigenvalue weighted by Gasteiger charge is 2.39. The van der Waals surface area contributed by atoms with Crippen LogP contribution in [0.15, 0.2) is 24.3 Å². The number of hydrogen-bond acceptors (Lipinski definition) is 4. The van der Waals surface area contributed by atoms with Crippen LogP contribution in [0.2, 0.25) is 0 Å². The van der Waals surface area contributed by atoms with Crippen LogP contribution < -0.4 is 4.90 Å². The van der Waals surface area contributed by atoms with Gasteiger partial charge in [0.05, 0.1) is 18.1 Å². The molecule has 1 aliphatic carbocycles. The van der Waals surface area contributed by atoms with Gasteiger partial charge in [-0.05, 0) is 50.2 Å². The maximum absolute atomic E-state index is 13.5. The first-order chi connectivity index (χ1) is 13.5. The van der Waals surface area contributed by atoms with Crippen LogP contribution in [-0.4, -0.2) is 55.9 Å². The Morgan fingerprint density at radius 2 is 1.79 bits per heavy atom. The zero-order chi connectivity index (χ0) is 19.6. The first kappa shape index (κ1) is 19.7. The SMILES string of the molecule is O=C(CN1CCCCc2ccccc21)N(C1CCCCC1)[C@H]1CCS(=O)(=O)C1. The number of rotatable bonds is 4. The van der Waals surface area contributed by atoms with Crippen molar-refractivity contribution in [2.45, 2.75) is 69.9 Å². The zero-order valence-corrected chi connectivity index (χ0v) is 17.5. The number of para-hydroxylation sites is 1. The third-order valence-corrected chi connectivity index (χ3v) is 8.39. The summed E-state index contributed by atoms with van der Waals surface area (Å²) in [5.41, 5.74) is 2.50. The maximum Gasteiger partial charge on any atom is 0.242 e. The van der Waals surface area contributed by atoms with Gasteiger partial charge in [-0.15, -0.1) is 0 Å². The first-order valence-corrected chi connectivity index (χ1v) is 12.7. The average molecular weight is 405 g/mol. The van der Waals surface area contributed by atoms with Gasteiger partial charge in [0.15, 0.2) is 9.84 Å². The molecule has 6 heteroatoms. The normalized spacial score (nSPS) is 25.1. The summed E-state index contributed by atoms with van der Waals surface area (Å²) < 4.78 is 24.2. The molecule has 1 saturated heterocycles. The molecule has 1 aromatic rings. The van der Waals surface area contributed by atoms with Gasteiger partial charge in [-0.25, -0.2) is 8.42 Å². The molecule has 1 saturated carbocycles. The van der Waals surface area contributed by atoms with Crippen LogP contribution >= 0.6 is 0 Å². The van der Waals surface area contributed by atoms with Crippen molar-refractivity contribution in [2.24, 2.45) is 0 Å². The zero-order valence-electron chi connectivity index (χ0n) is 16.7. The Balaban J connectivity index is 1.55. The fraction of sp³-hybridized carbons (Fsp3) is 0.682. The van der Waals surface area contributed by atoms with Gasteiger partial charge in [-0.1, -0.05) is 37.5 Å². The molecule has 4 rings (SSSR count). The summed E-state index contributed by atoms with van der Waals surface area (Å²) in [6.07, 6.45) is 9.42. The second-order valence-corrected chi connectivity index (χ2v) is 10.9. The Bertz CT molecular complexity index is 802. The summed E-state index contributed by atoms with van der Waals surface area (Å²) in [6.45, 7) is 1.26. The largest absolute Gasteiger partial charge is 0.362 e. The predicted octanol–water partition coefficient (Wildman–Crippen LogP) is 3.18. The fourth-order valence-electron chi connectivity index (χ4n) is 5.24. The lowest BCUT2D eigenvalue weighted by molar-refractivity contribution is -0.135. The smallest absolute Gasteiger partial charge is 0.242 e. The Labute approximate surface area is 169 Å². The van der Waals surface area contributed by atoms with Crippen molar-refractivity contribution in [2.75, 3.05) is 29.5 Å². The molecule has 5 nitrogen and oxygen atoms in total. The van der Waals surface area contributed by atoms with Crippen molar-refractivity contribution < 1.29 is 13.2 Å². The standard InChI is InChI=1S/C22H32N2O3S/c25-22(16-23-14-7-6-9-18-8-4-5-12-21(18)23)24(19-10-2-1-3-11-19)20-13-15-28(26,27)17-20/h4-5,8,12,19-20H,1-3,6-7,9-11,13-17H2/t20-/m0/s1. The molecule has 0 radical (unpaired) electrons. The molecule has 0 unspecified atom stereocenters. The van der Waals surface area contributed by atoms with Gasteiger partial charge in [-0.2, -0.15) is 0 Å². The highest BCUT2D eigenvalue weighted by atomic mass is 32.2. The Morgan fingerprint density at radius 1 is 1.00 bits per heavy atom. The summed E-state index contributed by atoms with van der Waals surface area (Å²) >= 11 is 0. The molecule has 2 aliphatic heterocycles. The molecule has 0 N–H and O–H groups in total. The minimum atomic E-state index is -3.01. The lowest BCUT2D eigenvalue weighted by atomic mass is 9.92. The number of nitrogens with zero attached hydrogens (tertiary/aromatic N) is 2. The van der Waals surface area contributed by atoms with Crippen molar-refractivity contribution in [3.8, 4) is 0 Å². The number of hydrogen-bond donors (Lipinski definition) is 0. The molecular formula is C22H32N2O3S. The van der Waals surface area contributed by atoms with Crippen molar-refractivity contribution in [1.29, 1.82) is 0 Å². The van der Waals surface area contributed by atoms with E-state index >= 15 is 0 Å². The predicted molar refractivity (Wildman–Crippen MR) is 112 cm³/mol. The van der Waals surface area contributed by atoms with E-state index in [0.29, 0.717) is 13.0 Å². The Kier molecular flexibility index (Phi) is 5.95. The van der Waals surface area contributed by atoms with Gasteiger partial charge < -0.3 is 9.80 Å². The number of anilines is 1. The third-order valence-electron chi connectivity index (χ3n) is 6.64. The van der Waals surface area contributed by atoms with E-state index in [9.17, 15) is 13.2 Å². The summed E-state index contributed by atoms with van der Waals surface area (Å²) in [4.78, 5) is 17.7. The topological polar surface area (TPSA) is 57.7 Å². The van der Waals surface area contributed by atoms with E-state index in [4.69, 9.17) is 0 Å². The van der Waals surface area contributed by atoms with Crippen molar-refractivity contribution in [1.82, 2.24) is 4.90 Å². The summed E-state index contributed by atoms with van der Waals surface area (Å²) in [5.74, 6) is 0.484. The van der Waals surface area contributed by atoms with Gasteiger partial charge in [0.25, 0.3) is 0 Å². The van der Waals surface area contributed by atoms with Gasteiger partial charge in [0.1, 0.15) is 0 Å². The fourth-order valence-corrected chi connectivity index (χ4v) is 6.95. The monoisotopic (exact) mass is 404 g/mol. The van der Waals surface area contributed by atoms with E-state index in [0.717, 1.165) is 51.5 Å². The second-order valence-electron chi connectivity index (χ2n) is 8.66. The van der Waals surface area contributed by atoms with Crippen LogP contribution in [0.1, 0.15) is 56.9 Å². The highest BCUT2D eigenvalue weighted by molar-refractivity contribution is 7.91. The van der Waals surface area contributed by atoms with Crippen LogP contribution in [-0.2, 0) is 21.1 Å². The van der Waals surface area contributed by atoms with Crippen molar-refractivity contribution in [3.05, 3.63) is 29.8 Å². The summed E-state index contributed by atoms with van der Waals surface area (Å²) in [6, 6.07) is 8.48. The van der Waals surface area contributed by atoms with Gasteiger partial charge in [-0.3, -0.25) is 4.79 Å². The van der Waals surface area contributed by atoms with E-state index in [1.54, 1.807) is 0 Å². The minimum absolute atomic E-state index is 0.116. The third kappa shape index (κ3) is 4.37. The minimum Gasteiger partial charge on any atom is -0.362 e. The molecule has 3 aliphatic rings. The Hall–Kier alpha value is -1.56. The molecule has 2 heterocycles. The lowest BCUT2D eigenvalue weighted by Crippen LogP contribution is -2.52. The Morgan fingerprint density at radius 3 is 2.54 bits per heavy atom. The highest BCUT2D eigenvalue weighted by Crippen LogP contribution is 2.30. The van der Waals surface area contributed by atoms with Crippen LogP contribution in [0.25, 0.3) is 0 Å². The molecule has 2 fully saturated rings. The molecule has 1 aromatic carbocycles. The van der Waals surface area contributed by atoms with E-state index in [1.165, 1.54) is 17.7 Å². The molecule has 154 valence electrons. The molecule has 0 aromatic heterocycles. The van der Waals surface area contributed by atoms with E-state index in [2.05, 4.69) is 23.1 Å². The number of carbonyl (C=O) groups excluding carboxylic acids is 1. The maximum atomic E-state index is 13.5. The van der Waals surface area contributed by atoms with E-state index in [-0.39, 0.29) is 29.5 Å². The molecular weight excluding hydrogens is 372 g/mol. The van der Waals surface area contributed by atoms with Crippen LogP contribution in [0.3, 0.4) is 0 Å². The van der Waals surface area contributed by atoms with Crippen LogP contribution in [0, 0.1) is 0 Å². The van der Waals surface area contributed by atoms with Gasteiger partial charge in [0, 0.05) is 24.3 Å². The molecule has 0 bridgehead atoms.